The van der Waals surface area contributed by atoms with Crippen molar-refractivity contribution in [2.45, 2.75) is 0 Å². The molecule has 0 unspecified atom stereocenters. The van der Waals surface area contributed by atoms with E-state index in [1.807, 2.05) is 17.4 Å². The van der Waals surface area contributed by atoms with E-state index >= 15 is 0 Å². The normalized spacial score (nSPS) is 11.5. The third-order valence-electron chi connectivity index (χ3n) is 11.1. The van der Waals surface area contributed by atoms with Crippen LogP contribution in [0.15, 0.2) is 217 Å². The highest BCUT2D eigenvalue weighted by Crippen LogP contribution is 2.48. The van der Waals surface area contributed by atoms with E-state index < -0.39 is 0 Å². The SMILES string of the molecule is c1ccc(-c2ccccc2-c2ccccc2-c2ccccc2N(c2ccc(-c3cccc4sc5ccccc5c34)cc2)c2cccc3c2oc2ccccc23)cc1. The molecular formula is C54H35NOS. The summed E-state index contributed by atoms with van der Waals surface area (Å²) in [5.41, 5.74) is 14.3. The third-order valence-corrected chi connectivity index (χ3v) is 12.3. The minimum absolute atomic E-state index is 0.856. The van der Waals surface area contributed by atoms with Gasteiger partial charge in [-0.25, -0.2) is 0 Å². The van der Waals surface area contributed by atoms with Gasteiger partial charge in [0.25, 0.3) is 0 Å². The maximum Gasteiger partial charge on any atom is 0.159 e. The molecule has 57 heavy (non-hydrogen) atoms. The number of rotatable bonds is 7. The largest absolute Gasteiger partial charge is 0.454 e. The Labute approximate surface area is 335 Å². The van der Waals surface area contributed by atoms with Crippen molar-refractivity contribution in [3.05, 3.63) is 212 Å². The number of fused-ring (bicyclic) bond motifs is 6. The Bertz CT molecular complexity index is 3250. The van der Waals surface area contributed by atoms with Crippen LogP contribution < -0.4 is 4.90 Å². The van der Waals surface area contributed by atoms with E-state index in [1.54, 1.807) is 0 Å². The van der Waals surface area contributed by atoms with Crippen molar-refractivity contribution >= 4 is 70.5 Å². The predicted molar refractivity (Wildman–Crippen MR) is 243 cm³/mol. The third kappa shape index (κ3) is 5.63. The highest BCUT2D eigenvalue weighted by Gasteiger charge is 2.24. The Balaban J connectivity index is 1.12. The van der Waals surface area contributed by atoms with Gasteiger partial charge in [-0.15, -0.1) is 11.3 Å². The topological polar surface area (TPSA) is 16.4 Å². The molecule has 0 atom stereocenters. The summed E-state index contributed by atoms with van der Waals surface area (Å²) < 4.78 is 9.36. The summed E-state index contributed by atoms with van der Waals surface area (Å²) in [5, 5.41) is 4.82. The molecule has 9 aromatic carbocycles. The minimum Gasteiger partial charge on any atom is -0.454 e. The zero-order chi connectivity index (χ0) is 37.7. The van der Waals surface area contributed by atoms with Crippen molar-refractivity contribution in [3.8, 4) is 44.5 Å². The van der Waals surface area contributed by atoms with Crippen molar-refractivity contribution in [3.63, 3.8) is 0 Å². The van der Waals surface area contributed by atoms with Crippen LogP contribution in [0.2, 0.25) is 0 Å². The van der Waals surface area contributed by atoms with Crippen LogP contribution in [0.3, 0.4) is 0 Å². The van der Waals surface area contributed by atoms with E-state index in [1.165, 1.54) is 53.6 Å². The summed E-state index contributed by atoms with van der Waals surface area (Å²) in [5.74, 6) is 0. The minimum atomic E-state index is 0.856. The molecule has 3 heteroatoms. The first-order valence-electron chi connectivity index (χ1n) is 19.3. The molecule has 0 radical (unpaired) electrons. The molecule has 11 aromatic rings. The number of benzene rings is 9. The average Bonchev–Trinajstić information content (AvgIpc) is 3.87. The van der Waals surface area contributed by atoms with Gasteiger partial charge in [-0.1, -0.05) is 170 Å². The molecule has 2 heterocycles. The van der Waals surface area contributed by atoms with E-state index in [0.29, 0.717) is 0 Å². The van der Waals surface area contributed by atoms with Crippen molar-refractivity contribution in [1.29, 1.82) is 0 Å². The molecule has 2 aromatic heterocycles. The van der Waals surface area contributed by atoms with E-state index in [9.17, 15) is 0 Å². The van der Waals surface area contributed by atoms with Crippen molar-refractivity contribution in [2.75, 3.05) is 4.90 Å². The van der Waals surface area contributed by atoms with Gasteiger partial charge in [-0.2, -0.15) is 0 Å². The quantitative estimate of drug-likeness (QED) is 0.162. The van der Waals surface area contributed by atoms with E-state index in [4.69, 9.17) is 4.42 Å². The summed E-state index contributed by atoms with van der Waals surface area (Å²) in [6.45, 7) is 0. The number of para-hydroxylation sites is 3. The zero-order valence-corrected chi connectivity index (χ0v) is 31.8. The van der Waals surface area contributed by atoms with Crippen LogP contribution in [0.5, 0.6) is 0 Å². The lowest BCUT2D eigenvalue weighted by Crippen LogP contribution is -2.11. The van der Waals surface area contributed by atoms with Crippen LogP contribution in [-0.2, 0) is 0 Å². The molecule has 0 spiro atoms. The Morgan fingerprint density at radius 2 is 0.860 bits per heavy atom. The molecule has 0 aliphatic carbocycles. The highest BCUT2D eigenvalue weighted by molar-refractivity contribution is 7.25. The van der Waals surface area contributed by atoms with Gasteiger partial charge in [0.2, 0.25) is 0 Å². The van der Waals surface area contributed by atoms with Gasteiger partial charge >= 0.3 is 0 Å². The number of furan rings is 1. The second-order valence-electron chi connectivity index (χ2n) is 14.4. The molecule has 0 bridgehead atoms. The van der Waals surface area contributed by atoms with Crippen LogP contribution in [0.4, 0.5) is 17.1 Å². The molecule has 2 nitrogen and oxygen atoms in total. The van der Waals surface area contributed by atoms with Gasteiger partial charge in [0.1, 0.15) is 5.58 Å². The van der Waals surface area contributed by atoms with Crippen molar-refractivity contribution in [2.24, 2.45) is 0 Å². The van der Waals surface area contributed by atoms with E-state index in [-0.39, 0.29) is 0 Å². The van der Waals surface area contributed by atoms with Crippen molar-refractivity contribution < 1.29 is 4.42 Å². The molecule has 0 N–H and O–H groups in total. The van der Waals surface area contributed by atoms with E-state index in [2.05, 4.69) is 211 Å². The number of anilines is 3. The fraction of sp³-hybridized carbons (Fsp3) is 0. The predicted octanol–water partition coefficient (Wildman–Crippen LogP) is 16.1. The van der Waals surface area contributed by atoms with Crippen LogP contribution in [-0.4, -0.2) is 0 Å². The van der Waals surface area contributed by atoms with Gasteiger partial charge < -0.3 is 9.32 Å². The lowest BCUT2D eigenvalue weighted by Gasteiger charge is -2.28. The van der Waals surface area contributed by atoms with Crippen LogP contribution >= 0.6 is 11.3 Å². The van der Waals surface area contributed by atoms with Gasteiger partial charge in [0, 0.05) is 42.2 Å². The molecule has 0 aliphatic rings. The van der Waals surface area contributed by atoms with Gasteiger partial charge in [0.05, 0.1) is 11.4 Å². The summed E-state index contributed by atoms with van der Waals surface area (Å²) in [6.07, 6.45) is 0. The second kappa shape index (κ2) is 13.8. The van der Waals surface area contributed by atoms with Gasteiger partial charge in [-0.05, 0) is 81.4 Å². The molecule has 0 aliphatic heterocycles. The Kier molecular flexibility index (Phi) is 8.04. The number of thiophene rings is 1. The first-order valence-corrected chi connectivity index (χ1v) is 20.2. The molecule has 268 valence electrons. The number of hydrogen-bond donors (Lipinski definition) is 0. The fourth-order valence-electron chi connectivity index (χ4n) is 8.56. The standard InChI is InChI=1S/C54H35NOS/c1-2-16-36(17-3-1)39-18-4-5-19-41(39)42-20-6-7-21-43(42)44-22-8-11-27-48(44)55(49-28-14-26-46-45-23-9-12-29-50(45)56-54(46)49)38-34-32-37(33-35-38)40-25-15-31-52-53(40)47-24-10-13-30-51(47)57-52/h1-35H. The number of hydrogen-bond acceptors (Lipinski definition) is 3. The molecule has 0 fully saturated rings. The van der Waals surface area contributed by atoms with Gasteiger partial charge in [0.15, 0.2) is 5.58 Å². The van der Waals surface area contributed by atoms with Crippen LogP contribution in [0.25, 0.3) is 86.6 Å². The highest BCUT2D eigenvalue weighted by atomic mass is 32.1. The maximum absolute atomic E-state index is 6.74. The fourth-order valence-corrected chi connectivity index (χ4v) is 9.69. The summed E-state index contributed by atoms with van der Waals surface area (Å²) in [6, 6.07) is 76.3. The van der Waals surface area contributed by atoms with Crippen LogP contribution in [0, 0.1) is 0 Å². The molecule has 0 amide bonds. The monoisotopic (exact) mass is 745 g/mol. The molecule has 0 saturated carbocycles. The van der Waals surface area contributed by atoms with Crippen molar-refractivity contribution in [1.82, 2.24) is 0 Å². The Morgan fingerprint density at radius 1 is 0.333 bits per heavy atom. The summed E-state index contributed by atoms with van der Waals surface area (Å²) in [4.78, 5) is 2.38. The summed E-state index contributed by atoms with van der Waals surface area (Å²) in [7, 11) is 0. The average molecular weight is 746 g/mol. The van der Waals surface area contributed by atoms with Crippen LogP contribution in [0.1, 0.15) is 0 Å². The smallest absolute Gasteiger partial charge is 0.159 e. The Morgan fingerprint density at radius 3 is 1.67 bits per heavy atom. The summed E-state index contributed by atoms with van der Waals surface area (Å²) >= 11 is 1.86. The maximum atomic E-state index is 6.74. The molecule has 11 rings (SSSR count). The van der Waals surface area contributed by atoms with E-state index in [0.717, 1.165) is 50.1 Å². The zero-order valence-electron chi connectivity index (χ0n) is 31.0. The lowest BCUT2D eigenvalue weighted by molar-refractivity contribution is 0.669. The Hall–Kier alpha value is -7.20. The van der Waals surface area contributed by atoms with Gasteiger partial charge in [-0.3, -0.25) is 0 Å². The molecular weight excluding hydrogens is 711 g/mol. The molecule has 0 saturated heterocycles. The number of nitrogens with zero attached hydrogens (tertiary/aromatic N) is 1. The lowest BCUT2D eigenvalue weighted by atomic mass is 9.88. The first-order chi connectivity index (χ1) is 28.3. The first kappa shape index (κ1) is 33.2. The second-order valence-corrected chi connectivity index (χ2v) is 15.5.